The van der Waals surface area contributed by atoms with Gasteiger partial charge in [-0.15, -0.1) is 0 Å². The van der Waals surface area contributed by atoms with Gasteiger partial charge in [-0.05, 0) is 19.4 Å². The highest BCUT2D eigenvalue weighted by molar-refractivity contribution is 8.46. The van der Waals surface area contributed by atoms with Crippen molar-refractivity contribution in [1.29, 1.82) is 0 Å². The summed E-state index contributed by atoms with van der Waals surface area (Å²) >= 11 is 0. The van der Waals surface area contributed by atoms with Crippen molar-refractivity contribution in [2.75, 3.05) is 12.5 Å². The molecule has 2 nitrogen and oxygen atoms in total. The minimum absolute atomic E-state index is 0.688. The average Bonchev–Trinajstić information content (AvgIpc) is 1.79. The van der Waals surface area contributed by atoms with E-state index in [1.165, 1.54) is 5.04 Å². The molecule has 2 N–H and O–H groups in total. The molecule has 0 spiro atoms. The van der Waals surface area contributed by atoms with E-state index in [2.05, 4.69) is 22.9 Å². The monoisotopic (exact) mass is 144 g/mol. The third-order valence-electron chi connectivity index (χ3n) is 1.46. The van der Waals surface area contributed by atoms with Gasteiger partial charge in [0.1, 0.15) is 5.82 Å². The maximum atomic E-state index is 5.50. The molecule has 3 heteroatoms. The Labute approximate surface area is 57.2 Å². The summed E-state index contributed by atoms with van der Waals surface area (Å²) in [5.41, 5.74) is 5.50. The highest BCUT2D eigenvalue weighted by Crippen LogP contribution is 2.47. The Hall–Kier alpha value is -0.440. The van der Waals surface area contributed by atoms with Crippen molar-refractivity contribution in [3.05, 3.63) is 11.2 Å². The van der Waals surface area contributed by atoms with Crippen molar-refractivity contribution in [2.45, 2.75) is 6.92 Å². The summed E-state index contributed by atoms with van der Waals surface area (Å²) in [5.74, 6) is 0.688. The first-order valence-electron chi connectivity index (χ1n) is 2.78. The fourth-order valence-electron chi connectivity index (χ4n) is 0.713. The molecule has 0 aromatic rings. The van der Waals surface area contributed by atoms with Gasteiger partial charge >= 0.3 is 0 Å². The van der Waals surface area contributed by atoms with Crippen LogP contribution < -0.4 is 5.73 Å². The number of aliphatic imine (C=N–C) groups is 1. The van der Waals surface area contributed by atoms with Gasteiger partial charge in [-0.1, -0.05) is 0 Å². The number of nitrogens with zero attached hydrogens (tertiary/aromatic N) is 1. The van der Waals surface area contributed by atoms with Crippen LogP contribution in [0.3, 0.4) is 0 Å². The van der Waals surface area contributed by atoms with Crippen molar-refractivity contribution in [3.63, 3.8) is 0 Å². The average molecular weight is 144 g/mol. The van der Waals surface area contributed by atoms with Crippen LogP contribution in [0, 0.1) is 0 Å². The van der Waals surface area contributed by atoms with Crippen molar-refractivity contribution in [1.82, 2.24) is 0 Å². The summed E-state index contributed by atoms with van der Waals surface area (Å²) in [6.45, 7) is 2.03. The molecule has 0 saturated carbocycles. The van der Waals surface area contributed by atoms with Crippen LogP contribution in [0.25, 0.3) is 0 Å². The molecule has 1 aliphatic heterocycles. The predicted octanol–water partition coefficient (Wildman–Crippen LogP) is 1.24. The summed E-state index contributed by atoms with van der Waals surface area (Å²) < 4.78 is 0. The van der Waals surface area contributed by atoms with Crippen LogP contribution in [0.4, 0.5) is 0 Å². The molecule has 0 unspecified atom stereocenters. The molecule has 0 aromatic carbocycles. The Morgan fingerprint density at radius 2 is 2.11 bits per heavy atom. The van der Waals surface area contributed by atoms with E-state index in [9.17, 15) is 0 Å². The molecule has 0 bridgehead atoms. The smallest absolute Gasteiger partial charge is 0.129 e. The first-order chi connectivity index (χ1) is 4.02. The second-order valence-corrected chi connectivity index (χ2v) is 6.22. The van der Waals surface area contributed by atoms with E-state index in [4.69, 9.17) is 5.73 Å². The second-order valence-electron chi connectivity index (χ2n) is 2.58. The van der Waals surface area contributed by atoms with Gasteiger partial charge in [-0.25, -0.2) is 4.99 Å². The lowest BCUT2D eigenvalue weighted by molar-refractivity contribution is 1.27. The van der Waals surface area contributed by atoms with Crippen LogP contribution in [-0.4, -0.2) is 17.6 Å². The molecule has 0 fully saturated rings. The van der Waals surface area contributed by atoms with E-state index >= 15 is 0 Å². The molecule has 0 atom stereocenters. The van der Waals surface area contributed by atoms with Gasteiger partial charge in [0.25, 0.3) is 0 Å². The van der Waals surface area contributed by atoms with Crippen LogP contribution in [0.1, 0.15) is 6.92 Å². The summed E-state index contributed by atoms with van der Waals surface area (Å²) in [7, 11) is -0.711. The SMILES string of the molecule is CC1=NC(N)=CS1(C)C. The molecule has 1 aliphatic rings. The molecule has 1 heterocycles. The molecule has 9 heavy (non-hydrogen) atoms. The van der Waals surface area contributed by atoms with E-state index < -0.39 is 10.0 Å². The topological polar surface area (TPSA) is 38.4 Å². The molecule has 0 saturated heterocycles. The van der Waals surface area contributed by atoms with Crippen molar-refractivity contribution in [2.24, 2.45) is 10.7 Å². The quantitative estimate of drug-likeness (QED) is 0.546. The Morgan fingerprint density at radius 3 is 2.22 bits per heavy atom. The van der Waals surface area contributed by atoms with E-state index in [0.717, 1.165) is 0 Å². The Bertz CT molecular complexity index is 191. The minimum atomic E-state index is -0.711. The number of nitrogens with two attached hydrogens (primary N) is 1. The normalized spacial score (nSPS) is 27.0. The zero-order valence-electron chi connectivity index (χ0n) is 6.01. The maximum Gasteiger partial charge on any atom is 0.129 e. The molecular formula is C6H12N2S. The summed E-state index contributed by atoms with van der Waals surface area (Å²) in [6.07, 6.45) is 4.37. The summed E-state index contributed by atoms with van der Waals surface area (Å²) in [4.78, 5) is 4.13. The van der Waals surface area contributed by atoms with Gasteiger partial charge in [-0.3, -0.25) is 0 Å². The zero-order chi connectivity index (χ0) is 7.07. The molecular weight excluding hydrogens is 132 g/mol. The van der Waals surface area contributed by atoms with Crippen LogP contribution >= 0.6 is 10.0 Å². The Balaban J connectivity index is 2.96. The van der Waals surface area contributed by atoms with E-state index in [1.807, 2.05) is 6.92 Å². The third kappa shape index (κ3) is 1.10. The van der Waals surface area contributed by atoms with Crippen LogP contribution in [0.2, 0.25) is 0 Å². The minimum Gasteiger partial charge on any atom is -0.383 e. The fourth-order valence-corrected chi connectivity index (χ4v) is 1.88. The Morgan fingerprint density at radius 1 is 1.56 bits per heavy atom. The fraction of sp³-hybridized carbons (Fsp3) is 0.500. The lowest BCUT2D eigenvalue weighted by Gasteiger charge is -2.20. The van der Waals surface area contributed by atoms with Crippen LogP contribution in [0.15, 0.2) is 16.2 Å². The van der Waals surface area contributed by atoms with Gasteiger partial charge in [0.15, 0.2) is 0 Å². The van der Waals surface area contributed by atoms with Gasteiger partial charge in [0.05, 0.1) is 5.04 Å². The molecule has 0 aromatic heterocycles. The van der Waals surface area contributed by atoms with E-state index in [1.54, 1.807) is 0 Å². The van der Waals surface area contributed by atoms with Gasteiger partial charge in [0, 0.05) is 5.41 Å². The lowest BCUT2D eigenvalue weighted by Crippen LogP contribution is -1.97. The number of hydrogen-bond donors (Lipinski definition) is 1. The van der Waals surface area contributed by atoms with Crippen LogP contribution in [-0.2, 0) is 0 Å². The van der Waals surface area contributed by atoms with E-state index in [-0.39, 0.29) is 0 Å². The van der Waals surface area contributed by atoms with Gasteiger partial charge in [-0.2, -0.15) is 10.0 Å². The predicted molar refractivity (Wildman–Crippen MR) is 44.8 cm³/mol. The lowest BCUT2D eigenvalue weighted by atomic mass is 10.8. The number of rotatable bonds is 0. The van der Waals surface area contributed by atoms with Gasteiger partial charge < -0.3 is 5.73 Å². The molecule has 0 aliphatic carbocycles. The molecule has 1 rings (SSSR count). The third-order valence-corrected chi connectivity index (χ3v) is 3.91. The first kappa shape index (κ1) is 6.68. The van der Waals surface area contributed by atoms with Gasteiger partial charge in [0.2, 0.25) is 0 Å². The summed E-state index contributed by atoms with van der Waals surface area (Å²) in [6, 6.07) is 0. The van der Waals surface area contributed by atoms with Crippen LogP contribution in [0.5, 0.6) is 0 Å². The van der Waals surface area contributed by atoms with Crippen molar-refractivity contribution >= 4 is 15.1 Å². The van der Waals surface area contributed by atoms with Crippen molar-refractivity contribution in [3.8, 4) is 0 Å². The maximum absolute atomic E-state index is 5.50. The highest BCUT2D eigenvalue weighted by atomic mass is 32.3. The highest BCUT2D eigenvalue weighted by Gasteiger charge is 2.18. The first-order valence-corrected chi connectivity index (χ1v) is 5.29. The number of hydrogen-bond acceptors (Lipinski definition) is 2. The molecule has 0 amide bonds. The van der Waals surface area contributed by atoms with Crippen molar-refractivity contribution < 1.29 is 0 Å². The Kier molecular flexibility index (Phi) is 1.31. The largest absolute Gasteiger partial charge is 0.383 e. The van der Waals surface area contributed by atoms with E-state index in [0.29, 0.717) is 5.82 Å². The molecule has 52 valence electrons. The second kappa shape index (κ2) is 1.77. The zero-order valence-corrected chi connectivity index (χ0v) is 6.83. The summed E-state index contributed by atoms with van der Waals surface area (Å²) in [5, 5.41) is 3.24. The standard InChI is InChI=1S/C6H12N2S/c1-5-8-6(7)4-9(5,2)3/h4H,7H2,1-3H3. The molecule has 0 radical (unpaired) electrons.